The van der Waals surface area contributed by atoms with Gasteiger partial charge >= 0.3 is 0 Å². The van der Waals surface area contributed by atoms with Gasteiger partial charge in [0.05, 0.1) is 0 Å². The van der Waals surface area contributed by atoms with Crippen LogP contribution in [0.1, 0.15) is 24.8 Å². The van der Waals surface area contributed by atoms with Gasteiger partial charge in [-0.1, -0.05) is 12.2 Å². The standard InChI is InChI=1S/C14H20N2OS/c15-14(18)12-4-6-13(7-5-12)16-8-1-9-17-10-11-2-3-11/h4-7,11,16H,1-3,8-10H2,(H2,15,18). The Labute approximate surface area is 114 Å². The number of rotatable bonds is 8. The Balaban J connectivity index is 1.58. The molecule has 1 saturated carbocycles. The summed E-state index contributed by atoms with van der Waals surface area (Å²) in [5, 5.41) is 3.35. The molecule has 1 aromatic rings. The molecule has 4 heteroatoms. The van der Waals surface area contributed by atoms with Crippen LogP contribution in [-0.2, 0) is 4.74 Å². The highest BCUT2D eigenvalue weighted by atomic mass is 32.1. The number of benzene rings is 1. The summed E-state index contributed by atoms with van der Waals surface area (Å²) in [7, 11) is 0. The van der Waals surface area contributed by atoms with Crippen molar-refractivity contribution in [2.45, 2.75) is 19.3 Å². The topological polar surface area (TPSA) is 47.3 Å². The third-order valence-corrected chi connectivity index (χ3v) is 3.25. The van der Waals surface area contributed by atoms with Crippen molar-refractivity contribution in [1.82, 2.24) is 0 Å². The molecule has 0 aliphatic heterocycles. The molecule has 1 fully saturated rings. The SMILES string of the molecule is NC(=S)c1ccc(NCCCOCC2CC2)cc1. The summed E-state index contributed by atoms with van der Waals surface area (Å²) < 4.78 is 5.57. The van der Waals surface area contributed by atoms with Gasteiger partial charge in [0.2, 0.25) is 0 Å². The van der Waals surface area contributed by atoms with Crippen LogP contribution in [0.3, 0.4) is 0 Å². The van der Waals surface area contributed by atoms with E-state index in [4.69, 9.17) is 22.7 Å². The molecule has 3 nitrogen and oxygen atoms in total. The number of hydrogen-bond acceptors (Lipinski definition) is 3. The van der Waals surface area contributed by atoms with Crippen LogP contribution in [0.25, 0.3) is 0 Å². The minimum absolute atomic E-state index is 0.440. The minimum atomic E-state index is 0.440. The number of anilines is 1. The van der Waals surface area contributed by atoms with E-state index in [2.05, 4.69) is 5.32 Å². The highest BCUT2D eigenvalue weighted by molar-refractivity contribution is 7.80. The van der Waals surface area contributed by atoms with Gasteiger partial charge in [-0.2, -0.15) is 0 Å². The second-order valence-corrected chi connectivity index (χ2v) is 5.18. The molecule has 0 aromatic heterocycles. The molecule has 1 aromatic carbocycles. The molecule has 18 heavy (non-hydrogen) atoms. The Morgan fingerprint density at radius 2 is 2.06 bits per heavy atom. The van der Waals surface area contributed by atoms with Gasteiger partial charge in [0.15, 0.2) is 0 Å². The lowest BCUT2D eigenvalue weighted by molar-refractivity contribution is 0.124. The molecule has 2 rings (SSSR count). The second-order valence-electron chi connectivity index (χ2n) is 4.74. The van der Waals surface area contributed by atoms with Gasteiger partial charge < -0.3 is 15.8 Å². The molecular weight excluding hydrogens is 244 g/mol. The van der Waals surface area contributed by atoms with Gasteiger partial charge in [0.25, 0.3) is 0 Å². The fraction of sp³-hybridized carbons (Fsp3) is 0.500. The fourth-order valence-corrected chi connectivity index (χ4v) is 1.83. The van der Waals surface area contributed by atoms with Crippen LogP contribution in [0.5, 0.6) is 0 Å². The first-order valence-electron chi connectivity index (χ1n) is 6.47. The Kier molecular flexibility index (Phi) is 4.96. The average molecular weight is 264 g/mol. The van der Waals surface area contributed by atoms with Crippen molar-refractivity contribution >= 4 is 22.9 Å². The van der Waals surface area contributed by atoms with Gasteiger partial charge in [-0.15, -0.1) is 0 Å². The number of nitrogens with two attached hydrogens (primary N) is 1. The maximum atomic E-state index is 5.57. The van der Waals surface area contributed by atoms with Crippen LogP contribution < -0.4 is 11.1 Å². The van der Waals surface area contributed by atoms with Crippen molar-refractivity contribution in [3.63, 3.8) is 0 Å². The van der Waals surface area contributed by atoms with Crippen LogP contribution in [-0.4, -0.2) is 24.7 Å². The van der Waals surface area contributed by atoms with E-state index in [1.54, 1.807) is 0 Å². The van der Waals surface area contributed by atoms with Crippen LogP contribution >= 0.6 is 12.2 Å². The van der Waals surface area contributed by atoms with Crippen LogP contribution in [0.2, 0.25) is 0 Å². The first-order chi connectivity index (χ1) is 8.75. The molecule has 0 heterocycles. The number of hydrogen-bond donors (Lipinski definition) is 2. The van der Waals surface area contributed by atoms with Crippen molar-refractivity contribution in [2.24, 2.45) is 11.7 Å². The maximum absolute atomic E-state index is 5.57. The highest BCUT2D eigenvalue weighted by Gasteiger charge is 2.20. The van der Waals surface area contributed by atoms with E-state index < -0.39 is 0 Å². The molecule has 98 valence electrons. The Hall–Kier alpha value is -1.13. The zero-order chi connectivity index (χ0) is 12.8. The molecule has 0 atom stereocenters. The Morgan fingerprint density at radius 1 is 1.33 bits per heavy atom. The Bertz CT molecular complexity index is 387. The smallest absolute Gasteiger partial charge is 0.103 e. The number of ether oxygens (including phenoxy) is 1. The maximum Gasteiger partial charge on any atom is 0.103 e. The summed E-state index contributed by atoms with van der Waals surface area (Å²) in [5.41, 5.74) is 7.54. The first kappa shape index (κ1) is 13.3. The number of nitrogens with one attached hydrogen (secondary N) is 1. The van der Waals surface area contributed by atoms with E-state index in [1.807, 2.05) is 24.3 Å². The van der Waals surface area contributed by atoms with Gasteiger partial charge in [-0.25, -0.2) is 0 Å². The van der Waals surface area contributed by atoms with Crippen molar-refractivity contribution < 1.29 is 4.74 Å². The van der Waals surface area contributed by atoms with Crippen molar-refractivity contribution in [1.29, 1.82) is 0 Å². The molecule has 0 bridgehead atoms. The summed E-state index contributed by atoms with van der Waals surface area (Å²) in [6.07, 6.45) is 3.74. The van der Waals surface area contributed by atoms with E-state index in [-0.39, 0.29) is 0 Å². The molecule has 0 saturated heterocycles. The summed E-state index contributed by atoms with van der Waals surface area (Å²) in [5.74, 6) is 0.852. The third-order valence-electron chi connectivity index (χ3n) is 3.01. The van der Waals surface area contributed by atoms with E-state index in [0.717, 1.165) is 43.3 Å². The average Bonchev–Trinajstić information content (AvgIpc) is 3.18. The van der Waals surface area contributed by atoms with Crippen molar-refractivity contribution in [2.75, 3.05) is 25.1 Å². The van der Waals surface area contributed by atoms with Gasteiger partial charge in [0, 0.05) is 31.0 Å². The monoisotopic (exact) mass is 264 g/mol. The minimum Gasteiger partial charge on any atom is -0.389 e. The predicted molar refractivity (Wildman–Crippen MR) is 79.0 cm³/mol. The Morgan fingerprint density at radius 3 is 2.67 bits per heavy atom. The quantitative estimate of drug-likeness (QED) is 0.559. The predicted octanol–water partition coefficient (Wildman–Crippen LogP) is 2.55. The van der Waals surface area contributed by atoms with Gasteiger partial charge in [-0.05, 0) is 49.4 Å². The zero-order valence-electron chi connectivity index (χ0n) is 10.5. The second kappa shape index (κ2) is 6.71. The molecule has 1 aliphatic carbocycles. The molecular formula is C14H20N2OS. The molecule has 1 aliphatic rings. The van der Waals surface area contributed by atoms with Crippen LogP contribution in [0.15, 0.2) is 24.3 Å². The summed E-state index contributed by atoms with van der Waals surface area (Å²) >= 11 is 4.91. The molecule has 0 spiro atoms. The highest BCUT2D eigenvalue weighted by Crippen LogP contribution is 2.28. The van der Waals surface area contributed by atoms with Crippen molar-refractivity contribution in [3.05, 3.63) is 29.8 Å². The molecule has 0 amide bonds. The lowest BCUT2D eigenvalue weighted by Crippen LogP contribution is -2.10. The zero-order valence-corrected chi connectivity index (χ0v) is 11.3. The largest absolute Gasteiger partial charge is 0.389 e. The molecule has 0 unspecified atom stereocenters. The molecule has 0 radical (unpaired) electrons. The number of thiocarbonyl (C=S) groups is 1. The first-order valence-corrected chi connectivity index (χ1v) is 6.88. The van der Waals surface area contributed by atoms with E-state index in [0.29, 0.717) is 4.99 Å². The summed E-state index contributed by atoms with van der Waals surface area (Å²) in [6, 6.07) is 7.88. The summed E-state index contributed by atoms with van der Waals surface area (Å²) in [6.45, 7) is 2.72. The van der Waals surface area contributed by atoms with Gasteiger partial charge in [0.1, 0.15) is 4.99 Å². The fourth-order valence-electron chi connectivity index (χ4n) is 1.69. The molecule has 3 N–H and O–H groups in total. The van der Waals surface area contributed by atoms with E-state index >= 15 is 0 Å². The lowest BCUT2D eigenvalue weighted by atomic mass is 10.2. The normalized spacial score (nSPS) is 14.4. The lowest BCUT2D eigenvalue weighted by Gasteiger charge is -2.07. The third kappa shape index (κ3) is 4.63. The summed E-state index contributed by atoms with van der Waals surface area (Å²) in [4.78, 5) is 0.440. The van der Waals surface area contributed by atoms with Gasteiger partial charge in [-0.3, -0.25) is 0 Å². The van der Waals surface area contributed by atoms with Crippen LogP contribution in [0, 0.1) is 5.92 Å². The van der Waals surface area contributed by atoms with Crippen LogP contribution in [0.4, 0.5) is 5.69 Å². The van der Waals surface area contributed by atoms with E-state index in [1.165, 1.54) is 12.8 Å². The van der Waals surface area contributed by atoms with E-state index in [9.17, 15) is 0 Å². The van der Waals surface area contributed by atoms with Crippen molar-refractivity contribution in [3.8, 4) is 0 Å².